The number of carbonyl (C=O) groups is 2. The number of para-hydroxylation sites is 2. The lowest BCUT2D eigenvalue weighted by Crippen LogP contribution is -2.39. The Labute approximate surface area is 163 Å². The first-order chi connectivity index (χ1) is 13.6. The molecule has 1 fully saturated rings. The van der Waals surface area contributed by atoms with Gasteiger partial charge in [-0.3, -0.25) is 9.59 Å². The maximum Gasteiger partial charge on any atom is 0.260 e. The average Bonchev–Trinajstić information content (AvgIpc) is 2.98. The van der Waals surface area contributed by atoms with E-state index < -0.39 is 5.82 Å². The first kappa shape index (κ1) is 19.7. The number of benzene rings is 2. The summed E-state index contributed by atoms with van der Waals surface area (Å²) in [7, 11) is 1.54. The smallest absolute Gasteiger partial charge is 0.260 e. The monoisotopic (exact) mass is 386 g/mol. The fourth-order valence-corrected chi connectivity index (χ4v) is 3.14. The van der Waals surface area contributed by atoms with Gasteiger partial charge in [0.15, 0.2) is 18.1 Å². The van der Waals surface area contributed by atoms with Crippen molar-refractivity contribution in [1.82, 2.24) is 9.80 Å². The molecule has 1 aliphatic heterocycles. The van der Waals surface area contributed by atoms with Gasteiger partial charge in [0.05, 0.1) is 7.11 Å². The molecular weight excluding hydrogens is 363 g/mol. The van der Waals surface area contributed by atoms with E-state index >= 15 is 0 Å². The van der Waals surface area contributed by atoms with Crippen LogP contribution in [0.15, 0.2) is 48.5 Å². The van der Waals surface area contributed by atoms with Crippen molar-refractivity contribution in [2.24, 2.45) is 0 Å². The van der Waals surface area contributed by atoms with Crippen LogP contribution in [0.4, 0.5) is 4.39 Å². The van der Waals surface area contributed by atoms with Gasteiger partial charge in [0.2, 0.25) is 0 Å². The van der Waals surface area contributed by atoms with Crippen molar-refractivity contribution in [3.63, 3.8) is 0 Å². The molecule has 148 valence electrons. The van der Waals surface area contributed by atoms with Gasteiger partial charge in [-0.15, -0.1) is 0 Å². The van der Waals surface area contributed by atoms with E-state index in [1.165, 1.54) is 18.2 Å². The number of methoxy groups -OCH3 is 1. The Kier molecular flexibility index (Phi) is 6.47. The summed E-state index contributed by atoms with van der Waals surface area (Å²) in [5, 5.41) is 0. The van der Waals surface area contributed by atoms with Crippen molar-refractivity contribution in [1.29, 1.82) is 0 Å². The van der Waals surface area contributed by atoms with Crippen molar-refractivity contribution >= 4 is 11.8 Å². The van der Waals surface area contributed by atoms with Gasteiger partial charge in [0.25, 0.3) is 11.8 Å². The summed E-state index contributed by atoms with van der Waals surface area (Å²) >= 11 is 0. The van der Waals surface area contributed by atoms with E-state index in [0.717, 1.165) is 0 Å². The van der Waals surface area contributed by atoms with Crippen LogP contribution in [0.5, 0.6) is 11.5 Å². The number of hydrogen-bond acceptors (Lipinski definition) is 4. The Bertz CT molecular complexity index is 843. The van der Waals surface area contributed by atoms with Crippen LogP contribution in [0, 0.1) is 5.82 Å². The zero-order valence-electron chi connectivity index (χ0n) is 15.8. The Balaban J connectivity index is 1.55. The molecule has 1 heterocycles. The number of hydrogen-bond donors (Lipinski definition) is 0. The fraction of sp³-hybridized carbons (Fsp3) is 0.333. The van der Waals surface area contributed by atoms with Crippen LogP contribution in [-0.2, 0) is 4.79 Å². The van der Waals surface area contributed by atoms with Crippen molar-refractivity contribution in [3.05, 3.63) is 59.9 Å². The number of ether oxygens (including phenoxy) is 2. The molecule has 1 aliphatic rings. The van der Waals surface area contributed by atoms with Gasteiger partial charge in [0, 0.05) is 31.7 Å². The minimum Gasteiger partial charge on any atom is -0.493 e. The molecule has 0 radical (unpaired) electrons. The molecule has 7 heteroatoms. The predicted octanol–water partition coefficient (Wildman–Crippen LogP) is 2.59. The van der Waals surface area contributed by atoms with Gasteiger partial charge < -0.3 is 19.3 Å². The molecule has 0 bridgehead atoms. The van der Waals surface area contributed by atoms with Crippen molar-refractivity contribution < 1.29 is 23.5 Å². The third-order valence-electron chi connectivity index (χ3n) is 4.63. The largest absolute Gasteiger partial charge is 0.493 e. The van der Waals surface area contributed by atoms with Crippen molar-refractivity contribution in [3.8, 4) is 11.5 Å². The molecule has 0 aromatic heterocycles. The highest BCUT2D eigenvalue weighted by Gasteiger charge is 2.23. The van der Waals surface area contributed by atoms with Crippen LogP contribution in [0.1, 0.15) is 16.8 Å². The van der Waals surface area contributed by atoms with Crippen LogP contribution in [0.2, 0.25) is 0 Å². The summed E-state index contributed by atoms with van der Waals surface area (Å²) in [6.45, 7) is 1.77. The molecule has 2 aromatic rings. The fourth-order valence-electron chi connectivity index (χ4n) is 3.14. The molecule has 2 amide bonds. The minimum absolute atomic E-state index is 0.0990. The molecule has 0 atom stereocenters. The maximum atomic E-state index is 13.4. The van der Waals surface area contributed by atoms with Gasteiger partial charge in [-0.25, -0.2) is 4.39 Å². The summed E-state index contributed by atoms with van der Waals surface area (Å²) in [5.74, 6) is 0.269. The summed E-state index contributed by atoms with van der Waals surface area (Å²) < 4.78 is 24.2. The van der Waals surface area contributed by atoms with Gasteiger partial charge in [-0.1, -0.05) is 18.2 Å². The summed E-state index contributed by atoms with van der Waals surface area (Å²) in [6, 6.07) is 12.8. The number of rotatable bonds is 5. The first-order valence-electron chi connectivity index (χ1n) is 9.17. The topological polar surface area (TPSA) is 59.1 Å². The van der Waals surface area contributed by atoms with E-state index in [1.807, 2.05) is 12.1 Å². The van der Waals surface area contributed by atoms with Crippen LogP contribution >= 0.6 is 0 Å². The lowest BCUT2D eigenvalue weighted by Gasteiger charge is -2.22. The van der Waals surface area contributed by atoms with Gasteiger partial charge in [0.1, 0.15) is 5.82 Å². The number of amides is 2. The average molecular weight is 386 g/mol. The molecule has 0 aliphatic carbocycles. The lowest BCUT2D eigenvalue weighted by atomic mass is 10.2. The quantitative estimate of drug-likeness (QED) is 0.793. The number of nitrogens with zero attached hydrogens (tertiary/aromatic N) is 2. The first-order valence-corrected chi connectivity index (χ1v) is 9.17. The number of carbonyl (C=O) groups excluding carboxylic acids is 2. The normalized spacial score (nSPS) is 14.4. The summed E-state index contributed by atoms with van der Waals surface area (Å²) in [6.07, 6.45) is 0.654. The van der Waals surface area contributed by atoms with E-state index in [4.69, 9.17) is 9.47 Å². The second-order valence-electron chi connectivity index (χ2n) is 6.48. The highest BCUT2D eigenvalue weighted by Crippen LogP contribution is 2.25. The van der Waals surface area contributed by atoms with Gasteiger partial charge >= 0.3 is 0 Å². The van der Waals surface area contributed by atoms with Gasteiger partial charge in [-0.2, -0.15) is 0 Å². The lowest BCUT2D eigenvalue weighted by molar-refractivity contribution is -0.133. The standard InChI is InChI=1S/C21H23FN2O4/c1-27-18-8-2-3-9-19(18)28-15-20(25)23-10-5-11-24(13-12-23)21(26)16-6-4-7-17(22)14-16/h2-4,6-9,14H,5,10-13,15H2,1H3. The van der Waals surface area contributed by atoms with E-state index in [-0.39, 0.29) is 18.4 Å². The van der Waals surface area contributed by atoms with Crippen LogP contribution in [0.3, 0.4) is 0 Å². The zero-order chi connectivity index (χ0) is 19.9. The number of halogens is 1. The Hall–Kier alpha value is -3.09. The Morgan fingerprint density at radius 1 is 0.964 bits per heavy atom. The molecule has 0 N–H and O–H groups in total. The molecule has 3 rings (SSSR count). The Morgan fingerprint density at radius 3 is 2.43 bits per heavy atom. The van der Waals surface area contributed by atoms with E-state index in [9.17, 15) is 14.0 Å². The Morgan fingerprint density at radius 2 is 1.68 bits per heavy atom. The molecule has 0 unspecified atom stereocenters. The predicted molar refractivity (Wildman–Crippen MR) is 102 cm³/mol. The maximum absolute atomic E-state index is 13.4. The van der Waals surface area contributed by atoms with E-state index in [2.05, 4.69) is 0 Å². The molecule has 6 nitrogen and oxygen atoms in total. The zero-order valence-corrected chi connectivity index (χ0v) is 15.8. The highest BCUT2D eigenvalue weighted by molar-refractivity contribution is 5.94. The third-order valence-corrected chi connectivity index (χ3v) is 4.63. The summed E-state index contributed by atoms with van der Waals surface area (Å²) in [5.41, 5.74) is 0.319. The SMILES string of the molecule is COc1ccccc1OCC(=O)N1CCCN(C(=O)c2cccc(F)c2)CC1. The highest BCUT2D eigenvalue weighted by atomic mass is 19.1. The molecule has 0 saturated carbocycles. The second-order valence-corrected chi connectivity index (χ2v) is 6.48. The second kappa shape index (κ2) is 9.21. The minimum atomic E-state index is -0.439. The van der Waals surface area contributed by atoms with Crippen molar-refractivity contribution in [2.75, 3.05) is 39.9 Å². The third kappa shape index (κ3) is 4.79. The van der Waals surface area contributed by atoms with Crippen LogP contribution < -0.4 is 9.47 Å². The van der Waals surface area contributed by atoms with Gasteiger partial charge in [-0.05, 0) is 36.8 Å². The molecule has 1 saturated heterocycles. The van der Waals surface area contributed by atoms with E-state index in [0.29, 0.717) is 49.7 Å². The molecule has 0 spiro atoms. The van der Waals surface area contributed by atoms with Crippen LogP contribution in [-0.4, -0.2) is 61.5 Å². The van der Waals surface area contributed by atoms with E-state index in [1.54, 1.807) is 35.1 Å². The molecule has 2 aromatic carbocycles. The van der Waals surface area contributed by atoms with Crippen LogP contribution in [0.25, 0.3) is 0 Å². The van der Waals surface area contributed by atoms with Crippen molar-refractivity contribution in [2.45, 2.75) is 6.42 Å². The summed E-state index contributed by atoms with van der Waals surface area (Å²) in [4.78, 5) is 28.4. The molecular formula is C21H23FN2O4. The molecule has 28 heavy (non-hydrogen) atoms.